The smallest absolute Gasteiger partial charge is 0.306 e. The van der Waals surface area contributed by atoms with Crippen LogP contribution in [0, 0.1) is 0 Å². The fraction of sp³-hybridized carbons (Fsp3) is 0.721. The molecule has 0 spiro atoms. The second-order valence-corrected chi connectivity index (χ2v) is 16.0. The van der Waals surface area contributed by atoms with Crippen molar-refractivity contribution in [3.05, 3.63) is 60.8 Å². The third-order valence-corrected chi connectivity index (χ3v) is 9.24. The minimum atomic E-state index is -4.63. The van der Waals surface area contributed by atoms with Gasteiger partial charge in [0.25, 0.3) is 7.82 Å². The Morgan fingerprint density at radius 2 is 1.08 bits per heavy atom. The molecule has 0 saturated heterocycles. The fourth-order valence-corrected chi connectivity index (χ4v) is 5.78. The van der Waals surface area contributed by atoms with Crippen molar-refractivity contribution < 1.29 is 42.1 Å². The molecule has 0 aliphatic heterocycles. The predicted molar refractivity (Wildman–Crippen MR) is 217 cm³/mol. The summed E-state index contributed by atoms with van der Waals surface area (Å²) in [4.78, 5) is 37.4. The van der Waals surface area contributed by atoms with Crippen LogP contribution < -0.4 is 4.89 Å². The lowest BCUT2D eigenvalue weighted by molar-refractivity contribution is -0.870. The van der Waals surface area contributed by atoms with E-state index in [1.165, 1.54) is 19.3 Å². The zero-order chi connectivity index (χ0) is 39.3. The van der Waals surface area contributed by atoms with E-state index in [-0.39, 0.29) is 26.1 Å². The maximum absolute atomic E-state index is 12.6. The molecule has 0 saturated carbocycles. The fourth-order valence-electron chi connectivity index (χ4n) is 5.05. The maximum Gasteiger partial charge on any atom is 0.306 e. The highest BCUT2D eigenvalue weighted by molar-refractivity contribution is 7.45. The molecular formula is C43H76NO8P. The van der Waals surface area contributed by atoms with Crippen molar-refractivity contribution in [3.8, 4) is 0 Å². The molecular weight excluding hydrogens is 689 g/mol. The molecule has 0 aromatic rings. The number of carbonyl (C=O) groups is 2. The van der Waals surface area contributed by atoms with Crippen LogP contribution in [-0.4, -0.2) is 70.0 Å². The molecule has 0 heterocycles. The van der Waals surface area contributed by atoms with Crippen LogP contribution in [0.2, 0.25) is 0 Å². The van der Waals surface area contributed by atoms with Crippen molar-refractivity contribution in [2.24, 2.45) is 0 Å². The van der Waals surface area contributed by atoms with Gasteiger partial charge in [0.1, 0.15) is 19.8 Å². The molecule has 0 N–H and O–H groups in total. The zero-order valence-electron chi connectivity index (χ0n) is 34.2. The van der Waals surface area contributed by atoms with Gasteiger partial charge in [-0.15, -0.1) is 0 Å². The molecule has 0 aromatic heterocycles. The second kappa shape index (κ2) is 35.4. The Morgan fingerprint density at radius 1 is 0.604 bits per heavy atom. The second-order valence-electron chi connectivity index (χ2n) is 14.6. The van der Waals surface area contributed by atoms with Crippen LogP contribution in [0.1, 0.15) is 149 Å². The number of allylic oxidation sites excluding steroid dienone is 10. The summed E-state index contributed by atoms with van der Waals surface area (Å²) in [5.41, 5.74) is 0. The third-order valence-electron chi connectivity index (χ3n) is 8.27. The van der Waals surface area contributed by atoms with Crippen LogP contribution in [0.25, 0.3) is 0 Å². The summed E-state index contributed by atoms with van der Waals surface area (Å²) < 4.78 is 33.8. The van der Waals surface area contributed by atoms with Crippen LogP contribution >= 0.6 is 7.82 Å². The molecule has 0 fully saturated rings. The van der Waals surface area contributed by atoms with Crippen molar-refractivity contribution in [1.82, 2.24) is 0 Å². The predicted octanol–water partition coefficient (Wildman–Crippen LogP) is 10.7. The van der Waals surface area contributed by atoms with Gasteiger partial charge in [0.15, 0.2) is 6.10 Å². The van der Waals surface area contributed by atoms with Gasteiger partial charge in [-0.1, -0.05) is 120 Å². The normalized spacial score (nSPS) is 14.3. The monoisotopic (exact) mass is 766 g/mol. The number of likely N-dealkylation sites (N-methyl/N-ethyl adjacent to an activating group) is 1. The molecule has 0 aromatic carbocycles. The number of ether oxygens (including phenoxy) is 2. The van der Waals surface area contributed by atoms with Crippen molar-refractivity contribution in [2.75, 3.05) is 47.5 Å². The van der Waals surface area contributed by atoms with E-state index in [0.29, 0.717) is 23.9 Å². The summed E-state index contributed by atoms with van der Waals surface area (Å²) in [5.74, 6) is -0.880. The van der Waals surface area contributed by atoms with Crippen LogP contribution in [0.3, 0.4) is 0 Å². The highest BCUT2D eigenvalue weighted by Crippen LogP contribution is 2.38. The van der Waals surface area contributed by atoms with E-state index in [0.717, 1.165) is 89.9 Å². The first-order valence-electron chi connectivity index (χ1n) is 20.5. The zero-order valence-corrected chi connectivity index (χ0v) is 35.1. The highest BCUT2D eigenvalue weighted by Gasteiger charge is 2.21. The van der Waals surface area contributed by atoms with Gasteiger partial charge in [0.2, 0.25) is 0 Å². The number of rotatable bonds is 36. The lowest BCUT2D eigenvalue weighted by Gasteiger charge is -2.28. The first-order chi connectivity index (χ1) is 25.5. The Hall–Kier alpha value is -2.29. The van der Waals surface area contributed by atoms with Gasteiger partial charge in [-0.05, 0) is 77.0 Å². The molecule has 0 aliphatic rings. The number of phosphoric acid groups is 1. The first kappa shape index (κ1) is 50.7. The molecule has 0 radical (unpaired) electrons. The van der Waals surface area contributed by atoms with Gasteiger partial charge in [0.05, 0.1) is 27.7 Å². The Kier molecular flexibility index (Phi) is 33.9. The number of hydrogen-bond donors (Lipinski definition) is 0. The molecule has 2 atom stereocenters. The summed E-state index contributed by atoms with van der Waals surface area (Å²) in [6.45, 7) is 4.02. The van der Waals surface area contributed by atoms with E-state index in [4.69, 9.17) is 18.5 Å². The first-order valence-corrected chi connectivity index (χ1v) is 22.0. The standard InChI is InChI=1S/C43H76NO8P/c1-6-8-10-12-14-16-18-20-21-22-23-24-26-28-30-32-34-36-43(46)52-41(40-51-53(47,48)50-38-37-44(3,4)5)39-49-42(45)35-33-31-29-27-25-19-17-15-13-11-9-7-2/h8,10,14-17,20-21,23-24,41H,6-7,9,11-13,18-19,22,25-40H2,1-5H3/b10-8-,16-14-,17-15-,21-20-,24-23-. The number of esters is 2. The van der Waals surface area contributed by atoms with Gasteiger partial charge >= 0.3 is 11.9 Å². The molecule has 53 heavy (non-hydrogen) atoms. The number of quaternary nitrogens is 1. The van der Waals surface area contributed by atoms with Crippen molar-refractivity contribution >= 4 is 19.8 Å². The minimum absolute atomic E-state index is 0.0399. The lowest BCUT2D eigenvalue weighted by atomic mass is 10.1. The SMILES string of the molecule is CC/C=C\C/C=C\C/C=C\C/C=C\CCCCCCC(=O)OC(COC(=O)CCCCCCC/C=C\CCCCC)COP(=O)([O-])OCC[N+](C)(C)C. The van der Waals surface area contributed by atoms with E-state index in [9.17, 15) is 19.0 Å². The van der Waals surface area contributed by atoms with Crippen molar-refractivity contribution in [3.63, 3.8) is 0 Å². The number of nitrogens with zero attached hydrogens (tertiary/aromatic N) is 1. The molecule has 0 bridgehead atoms. The quantitative estimate of drug-likeness (QED) is 0.0204. The van der Waals surface area contributed by atoms with E-state index in [1.807, 2.05) is 21.1 Å². The van der Waals surface area contributed by atoms with Crippen LogP contribution in [-0.2, 0) is 32.7 Å². The van der Waals surface area contributed by atoms with Crippen molar-refractivity contribution in [1.29, 1.82) is 0 Å². The summed E-state index contributed by atoms with van der Waals surface area (Å²) in [6, 6.07) is 0. The van der Waals surface area contributed by atoms with E-state index in [2.05, 4.69) is 74.6 Å². The number of phosphoric ester groups is 1. The largest absolute Gasteiger partial charge is 0.756 e. The Morgan fingerprint density at radius 3 is 1.62 bits per heavy atom. The molecule has 10 heteroatoms. The number of carbonyl (C=O) groups excluding carboxylic acids is 2. The number of hydrogen-bond acceptors (Lipinski definition) is 8. The van der Waals surface area contributed by atoms with Gasteiger partial charge in [-0.3, -0.25) is 14.2 Å². The van der Waals surface area contributed by atoms with Crippen LogP contribution in [0.5, 0.6) is 0 Å². The maximum atomic E-state index is 12.6. The average molecular weight is 766 g/mol. The van der Waals surface area contributed by atoms with E-state index < -0.39 is 32.5 Å². The van der Waals surface area contributed by atoms with Gasteiger partial charge in [0, 0.05) is 12.8 Å². The van der Waals surface area contributed by atoms with Gasteiger partial charge in [-0.25, -0.2) is 0 Å². The summed E-state index contributed by atoms with van der Waals surface area (Å²) in [7, 11) is 1.13. The molecule has 2 unspecified atom stereocenters. The van der Waals surface area contributed by atoms with Gasteiger partial charge < -0.3 is 27.9 Å². The summed E-state index contributed by atoms with van der Waals surface area (Å²) in [5, 5.41) is 0. The van der Waals surface area contributed by atoms with Gasteiger partial charge in [-0.2, -0.15) is 0 Å². The average Bonchev–Trinajstić information content (AvgIpc) is 3.10. The lowest BCUT2D eigenvalue weighted by Crippen LogP contribution is -2.37. The molecule has 0 rings (SSSR count). The number of unbranched alkanes of at least 4 members (excludes halogenated alkanes) is 12. The van der Waals surface area contributed by atoms with Crippen LogP contribution in [0.15, 0.2) is 60.8 Å². The molecule has 306 valence electrons. The Bertz CT molecular complexity index is 1090. The van der Waals surface area contributed by atoms with E-state index >= 15 is 0 Å². The summed E-state index contributed by atoms with van der Waals surface area (Å²) >= 11 is 0. The van der Waals surface area contributed by atoms with Crippen LogP contribution in [0.4, 0.5) is 0 Å². The Balaban J connectivity index is 4.47. The minimum Gasteiger partial charge on any atom is -0.756 e. The highest BCUT2D eigenvalue weighted by atomic mass is 31.2. The molecule has 9 nitrogen and oxygen atoms in total. The third kappa shape index (κ3) is 39.2. The van der Waals surface area contributed by atoms with Crippen molar-refractivity contribution in [2.45, 2.75) is 155 Å². The molecule has 0 aliphatic carbocycles. The molecule has 0 amide bonds. The summed E-state index contributed by atoms with van der Waals surface area (Å²) in [6.07, 6.45) is 41.0. The topological polar surface area (TPSA) is 111 Å². The van der Waals surface area contributed by atoms with E-state index in [1.54, 1.807) is 0 Å². The Labute approximate surface area is 324 Å².